The van der Waals surface area contributed by atoms with E-state index in [0.717, 1.165) is 28.2 Å². The highest BCUT2D eigenvalue weighted by Crippen LogP contribution is 2.21. The van der Waals surface area contributed by atoms with Gasteiger partial charge in [0.25, 0.3) is 0 Å². The van der Waals surface area contributed by atoms with Gasteiger partial charge in [-0.1, -0.05) is 12.1 Å². The Hall–Kier alpha value is -3.48. The van der Waals surface area contributed by atoms with E-state index in [0.29, 0.717) is 31.9 Å². The molecule has 0 spiro atoms. The predicted molar refractivity (Wildman–Crippen MR) is 116 cm³/mol. The largest absolute Gasteiger partial charge is 0.352 e. The summed E-state index contributed by atoms with van der Waals surface area (Å²) < 4.78 is 13.1. The van der Waals surface area contributed by atoms with Crippen LogP contribution in [0.2, 0.25) is 0 Å². The summed E-state index contributed by atoms with van der Waals surface area (Å²) in [6.45, 7) is 6.59. The Morgan fingerprint density at radius 3 is 2.33 bits per heavy atom. The molecule has 1 saturated heterocycles. The Morgan fingerprint density at radius 2 is 1.67 bits per heavy atom. The van der Waals surface area contributed by atoms with Crippen LogP contribution in [-0.2, 0) is 0 Å². The standard InChI is InChI=1S/C23H24FN5O/c1-16-3-4-17(2)21(15-16)25-23(30)29-13-11-28(12-14-29)22-10-9-20(26-27-22)18-5-7-19(24)8-6-18/h3-10,15H,11-14H2,1-2H3,(H,25,30). The number of benzene rings is 2. The first-order valence-corrected chi connectivity index (χ1v) is 9.97. The molecule has 6 nitrogen and oxygen atoms in total. The number of aryl methyl sites for hydroxylation is 2. The first-order chi connectivity index (χ1) is 14.5. The van der Waals surface area contributed by atoms with Gasteiger partial charge in [0.2, 0.25) is 0 Å². The predicted octanol–water partition coefficient (Wildman–Crippen LogP) is 4.25. The van der Waals surface area contributed by atoms with Crippen LogP contribution in [0.25, 0.3) is 11.3 Å². The third-order valence-electron chi connectivity index (χ3n) is 5.32. The lowest BCUT2D eigenvalue weighted by atomic mass is 10.1. The molecule has 30 heavy (non-hydrogen) atoms. The highest BCUT2D eigenvalue weighted by atomic mass is 19.1. The molecule has 4 rings (SSSR count). The number of halogens is 1. The molecule has 7 heteroatoms. The van der Waals surface area contributed by atoms with Crippen molar-refractivity contribution >= 4 is 17.5 Å². The molecule has 0 unspecified atom stereocenters. The number of aromatic nitrogens is 2. The highest BCUT2D eigenvalue weighted by molar-refractivity contribution is 5.90. The molecule has 2 aromatic carbocycles. The van der Waals surface area contributed by atoms with E-state index in [-0.39, 0.29) is 11.8 Å². The third-order valence-corrected chi connectivity index (χ3v) is 5.32. The maximum Gasteiger partial charge on any atom is 0.321 e. The van der Waals surface area contributed by atoms with Gasteiger partial charge in [-0.15, -0.1) is 10.2 Å². The number of urea groups is 1. The van der Waals surface area contributed by atoms with Gasteiger partial charge in [-0.05, 0) is 67.4 Å². The van der Waals surface area contributed by atoms with E-state index >= 15 is 0 Å². The summed E-state index contributed by atoms with van der Waals surface area (Å²) in [4.78, 5) is 16.6. The normalized spacial score (nSPS) is 14.0. The van der Waals surface area contributed by atoms with E-state index in [1.807, 2.05) is 49.1 Å². The molecule has 0 atom stereocenters. The summed E-state index contributed by atoms with van der Waals surface area (Å²) in [5.74, 6) is 0.498. The molecule has 1 aliphatic rings. The first kappa shape index (κ1) is 19.8. The lowest BCUT2D eigenvalue weighted by Crippen LogP contribution is -2.50. The molecule has 1 aromatic heterocycles. The Balaban J connectivity index is 1.35. The number of nitrogens with one attached hydrogen (secondary N) is 1. The van der Waals surface area contributed by atoms with E-state index in [1.54, 1.807) is 12.1 Å². The third kappa shape index (κ3) is 4.40. The second kappa shape index (κ2) is 8.49. The number of nitrogens with zero attached hydrogens (tertiary/aromatic N) is 4. The molecule has 0 saturated carbocycles. The molecule has 1 fully saturated rings. The zero-order valence-corrected chi connectivity index (χ0v) is 17.1. The Morgan fingerprint density at radius 1 is 0.933 bits per heavy atom. The van der Waals surface area contributed by atoms with Crippen molar-refractivity contribution in [2.75, 3.05) is 36.4 Å². The molecule has 1 aliphatic heterocycles. The minimum absolute atomic E-state index is 0.0823. The van der Waals surface area contributed by atoms with Crippen molar-refractivity contribution in [3.63, 3.8) is 0 Å². The van der Waals surface area contributed by atoms with Crippen molar-refractivity contribution in [2.45, 2.75) is 13.8 Å². The Bertz CT molecular complexity index is 1030. The van der Waals surface area contributed by atoms with Gasteiger partial charge in [0.05, 0.1) is 5.69 Å². The van der Waals surface area contributed by atoms with Crippen LogP contribution in [0.3, 0.4) is 0 Å². The number of carbonyl (C=O) groups excluding carboxylic acids is 1. The maximum absolute atomic E-state index is 13.1. The summed E-state index contributed by atoms with van der Waals surface area (Å²) in [7, 11) is 0. The molecule has 1 N–H and O–H groups in total. The average Bonchev–Trinajstić information content (AvgIpc) is 2.77. The molecule has 154 valence electrons. The van der Waals surface area contributed by atoms with Crippen molar-refractivity contribution in [3.05, 3.63) is 71.5 Å². The minimum Gasteiger partial charge on any atom is -0.352 e. The van der Waals surface area contributed by atoms with E-state index in [9.17, 15) is 9.18 Å². The van der Waals surface area contributed by atoms with E-state index in [1.165, 1.54) is 12.1 Å². The number of amides is 2. The van der Waals surface area contributed by atoms with Crippen LogP contribution in [0.5, 0.6) is 0 Å². The fraction of sp³-hybridized carbons (Fsp3) is 0.261. The maximum atomic E-state index is 13.1. The lowest BCUT2D eigenvalue weighted by Gasteiger charge is -2.35. The molecule has 0 aliphatic carbocycles. The van der Waals surface area contributed by atoms with Crippen molar-refractivity contribution in [2.24, 2.45) is 0 Å². The van der Waals surface area contributed by atoms with Crippen LogP contribution in [0.1, 0.15) is 11.1 Å². The van der Waals surface area contributed by atoms with Crippen LogP contribution in [0.4, 0.5) is 20.7 Å². The molecule has 3 aromatic rings. The molecule has 0 radical (unpaired) electrons. The molecule has 2 amide bonds. The molecular formula is C23H24FN5O. The minimum atomic E-state index is -0.275. The van der Waals surface area contributed by atoms with Crippen LogP contribution in [-0.4, -0.2) is 47.3 Å². The second-order valence-corrected chi connectivity index (χ2v) is 7.51. The van der Waals surface area contributed by atoms with Crippen molar-refractivity contribution in [3.8, 4) is 11.3 Å². The van der Waals surface area contributed by atoms with E-state index in [2.05, 4.69) is 20.4 Å². The van der Waals surface area contributed by atoms with Gasteiger partial charge in [-0.3, -0.25) is 0 Å². The average molecular weight is 405 g/mol. The summed E-state index contributed by atoms with van der Waals surface area (Å²) >= 11 is 0. The molecule has 0 bridgehead atoms. The van der Waals surface area contributed by atoms with Gasteiger partial charge in [-0.2, -0.15) is 0 Å². The highest BCUT2D eigenvalue weighted by Gasteiger charge is 2.22. The van der Waals surface area contributed by atoms with Crippen LogP contribution < -0.4 is 10.2 Å². The number of anilines is 2. The SMILES string of the molecule is Cc1ccc(C)c(NC(=O)N2CCN(c3ccc(-c4ccc(F)cc4)nn3)CC2)c1. The van der Waals surface area contributed by atoms with Gasteiger partial charge in [0.1, 0.15) is 5.82 Å². The molecule has 2 heterocycles. The van der Waals surface area contributed by atoms with E-state index in [4.69, 9.17) is 0 Å². The van der Waals surface area contributed by atoms with Crippen molar-refractivity contribution in [1.29, 1.82) is 0 Å². The smallest absolute Gasteiger partial charge is 0.321 e. The fourth-order valence-corrected chi connectivity index (χ4v) is 3.47. The summed E-state index contributed by atoms with van der Waals surface area (Å²) in [6, 6.07) is 15.9. The number of rotatable bonds is 3. The summed E-state index contributed by atoms with van der Waals surface area (Å²) in [5.41, 5.74) is 4.53. The lowest BCUT2D eigenvalue weighted by molar-refractivity contribution is 0.208. The quantitative estimate of drug-likeness (QED) is 0.708. The van der Waals surface area contributed by atoms with Gasteiger partial charge in [-0.25, -0.2) is 9.18 Å². The zero-order valence-electron chi connectivity index (χ0n) is 17.1. The fourth-order valence-electron chi connectivity index (χ4n) is 3.47. The summed E-state index contributed by atoms with van der Waals surface area (Å²) in [5, 5.41) is 11.6. The second-order valence-electron chi connectivity index (χ2n) is 7.51. The van der Waals surface area contributed by atoms with Gasteiger partial charge in [0, 0.05) is 37.4 Å². The van der Waals surface area contributed by atoms with Crippen LogP contribution in [0.15, 0.2) is 54.6 Å². The number of piperazine rings is 1. The van der Waals surface area contributed by atoms with Gasteiger partial charge >= 0.3 is 6.03 Å². The number of hydrogen-bond acceptors (Lipinski definition) is 4. The number of carbonyl (C=O) groups is 1. The Labute approximate surface area is 175 Å². The first-order valence-electron chi connectivity index (χ1n) is 9.97. The van der Waals surface area contributed by atoms with Crippen molar-refractivity contribution in [1.82, 2.24) is 15.1 Å². The Kier molecular flexibility index (Phi) is 5.61. The zero-order chi connectivity index (χ0) is 21.1. The topological polar surface area (TPSA) is 61.4 Å². The summed E-state index contributed by atoms with van der Waals surface area (Å²) in [6.07, 6.45) is 0. The monoisotopic (exact) mass is 405 g/mol. The van der Waals surface area contributed by atoms with Crippen LogP contribution in [0, 0.1) is 19.7 Å². The van der Waals surface area contributed by atoms with Gasteiger partial charge < -0.3 is 15.1 Å². The van der Waals surface area contributed by atoms with E-state index < -0.39 is 0 Å². The molecular weight excluding hydrogens is 381 g/mol. The van der Waals surface area contributed by atoms with Gasteiger partial charge in [0.15, 0.2) is 5.82 Å². The number of hydrogen-bond donors (Lipinski definition) is 1. The van der Waals surface area contributed by atoms with Crippen LogP contribution >= 0.6 is 0 Å². The van der Waals surface area contributed by atoms with Crippen molar-refractivity contribution < 1.29 is 9.18 Å².